The Morgan fingerprint density at radius 2 is 1.33 bits per heavy atom. The lowest BCUT2D eigenvalue weighted by Gasteiger charge is -2.17. The van der Waals surface area contributed by atoms with Crippen LogP contribution in [0.4, 0.5) is 13.2 Å². The zero-order valence-electron chi connectivity index (χ0n) is 11.2. The molecule has 0 aromatic rings. The molecule has 0 amide bonds. The number of hydrogen-bond acceptors (Lipinski definition) is 1. The van der Waals surface area contributed by atoms with Gasteiger partial charge < -0.3 is 4.90 Å². The molecule has 0 atom stereocenters. The van der Waals surface area contributed by atoms with Gasteiger partial charge in [0.15, 0.2) is 0 Å². The molecule has 1 nitrogen and oxygen atoms in total. The molecule has 0 bridgehead atoms. The van der Waals surface area contributed by atoms with Gasteiger partial charge in [0.2, 0.25) is 0 Å². The first-order valence-corrected chi connectivity index (χ1v) is 7.89. The van der Waals surface area contributed by atoms with Gasteiger partial charge in [-0.15, -0.1) is 0 Å². The normalized spacial score (nSPS) is 12.3. The molecule has 0 unspecified atom stereocenters. The first-order chi connectivity index (χ1) is 8.45. The van der Waals surface area contributed by atoms with Crippen molar-refractivity contribution in [2.45, 2.75) is 57.5 Å². The van der Waals surface area contributed by atoms with Crippen molar-refractivity contribution in [2.24, 2.45) is 0 Å². The first-order valence-electron chi connectivity index (χ1n) is 6.77. The molecule has 110 valence electrons. The number of rotatable bonds is 11. The monoisotopic (exact) mass is 331 g/mol. The van der Waals surface area contributed by atoms with Crippen molar-refractivity contribution in [1.29, 1.82) is 0 Å². The Hall–Kier alpha value is 0.230. The van der Waals surface area contributed by atoms with Crippen molar-refractivity contribution in [3.8, 4) is 0 Å². The Bertz CT molecular complexity index is 186. The largest absolute Gasteiger partial charge is 0.390 e. The van der Waals surface area contributed by atoms with Gasteiger partial charge in [-0.3, -0.25) is 0 Å². The average Bonchev–Trinajstić information content (AvgIpc) is 2.29. The lowest BCUT2D eigenvalue weighted by molar-refractivity contribution is -0.137. The van der Waals surface area contributed by atoms with E-state index in [2.05, 4.69) is 15.9 Å². The van der Waals surface area contributed by atoms with Crippen molar-refractivity contribution < 1.29 is 13.2 Å². The van der Waals surface area contributed by atoms with Crippen LogP contribution in [0.15, 0.2) is 0 Å². The summed E-state index contributed by atoms with van der Waals surface area (Å²) in [7, 11) is 1.77. The highest BCUT2D eigenvalue weighted by molar-refractivity contribution is 9.09. The molecular formula is C13H25BrF3N. The molecule has 0 saturated carbocycles. The molecule has 0 rings (SSSR count). The zero-order chi connectivity index (χ0) is 13.9. The summed E-state index contributed by atoms with van der Waals surface area (Å²) in [6.07, 6.45) is 3.65. The lowest BCUT2D eigenvalue weighted by atomic mass is 10.1. The molecule has 0 aliphatic carbocycles. The third-order valence-corrected chi connectivity index (χ3v) is 3.51. The van der Waals surface area contributed by atoms with Gasteiger partial charge in [0.25, 0.3) is 0 Å². The van der Waals surface area contributed by atoms with Gasteiger partial charge in [-0.2, -0.15) is 13.2 Å². The van der Waals surface area contributed by atoms with Crippen LogP contribution in [0.2, 0.25) is 0 Å². The van der Waals surface area contributed by atoms with Gasteiger partial charge in [-0.05, 0) is 26.4 Å². The molecule has 5 heteroatoms. The smallest absolute Gasteiger partial charge is 0.306 e. The quantitative estimate of drug-likeness (QED) is 0.380. The van der Waals surface area contributed by atoms with E-state index < -0.39 is 12.6 Å². The average molecular weight is 332 g/mol. The van der Waals surface area contributed by atoms with Gasteiger partial charge in [0.1, 0.15) is 0 Å². The van der Waals surface area contributed by atoms with Gasteiger partial charge in [-0.1, -0.05) is 48.0 Å². The SMILES string of the molecule is CN(CCCCCCCCCBr)CCC(F)(F)F. The second-order valence-electron chi connectivity index (χ2n) is 4.83. The van der Waals surface area contributed by atoms with Crippen molar-refractivity contribution in [3.05, 3.63) is 0 Å². The van der Waals surface area contributed by atoms with Crippen molar-refractivity contribution in [2.75, 3.05) is 25.5 Å². The van der Waals surface area contributed by atoms with E-state index in [1.54, 1.807) is 11.9 Å². The van der Waals surface area contributed by atoms with Crippen LogP contribution >= 0.6 is 15.9 Å². The highest BCUT2D eigenvalue weighted by Crippen LogP contribution is 2.19. The fourth-order valence-corrected chi connectivity index (χ4v) is 2.19. The number of hydrogen-bond donors (Lipinski definition) is 0. The number of nitrogens with zero attached hydrogens (tertiary/aromatic N) is 1. The molecule has 0 aliphatic rings. The summed E-state index contributed by atoms with van der Waals surface area (Å²) in [6.45, 7) is 0.895. The highest BCUT2D eigenvalue weighted by atomic mass is 79.9. The minimum atomic E-state index is -4.02. The molecule has 0 aromatic carbocycles. The van der Waals surface area contributed by atoms with Crippen LogP contribution in [0.5, 0.6) is 0 Å². The van der Waals surface area contributed by atoms with Crippen molar-refractivity contribution >= 4 is 15.9 Å². The van der Waals surface area contributed by atoms with Crippen LogP contribution < -0.4 is 0 Å². The summed E-state index contributed by atoms with van der Waals surface area (Å²) in [4.78, 5) is 1.78. The maximum absolute atomic E-state index is 12.0. The summed E-state index contributed by atoms with van der Waals surface area (Å²) in [6, 6.07) is 0. The van der Waals surface area contributed by atoms with E-state index >= 15 is 0 Å². The second-order valence-corrected chi connectivity index (χ2v) is 5.63. The third kappa shape index (κ3) is 14.3. The predicted molar refractivity (Wildman–Crippen MR) is 74.3 cm³/mol. The minimum Gasteiger partial charge on any atom is -0.306 e. The molecule has 0 N–H and O–H groups in total. The summed E-state index contributed by atoms with van der Waals surface area (Å²) in [5.74, 6) is 0. The van der Waals surface area contributed by atoms with Gasteiger partial charge in [-0.25, -0.2) is 0 Å². The fraction of sp³-hybridized carbons (Fsp3) is 1.00. The van der Waals surface area contributed by atoms with Gasteiger partial charge >= 0.3 is 6.18 Å². The van der Waals surface area contributed by atoms with Crippen molar-refractivity contribution in [3.63, 3.8) is 0 Å². The molecule has 0 radical (unpaired) electrons. The van der Waals surface area contributed by atoms with E-state index in [4.69, 9.17) is 0 Å². The van der Waals surface area contributed by atoms with Crippen LogP contribution in [0.25, 0.3) is 0 Å². The maximum Gasteiger partial charge on any atom is 0.390 e. The Balaban J connectivity index is 3.23. The van der Waals surface area contributed by atoms with E-state index in [1.165, 1.54) is 32.1 Å². The van der Waals surface area contributed by atoms with Gasteiger partial charge in [0, 0.05) is 11.9 Å². The van der Waals surface area contributed by atoms with E-state index in [9.17, 15) is 13.2 Å². The Labute approximate surface area is 117 Å². The molecule has 0 heterocycles. The third-order valence-electron chi connectivity index (χ3n) is 2.95. The summed E-state index contributed by atoms with van der Waals surface area (Å²) < 4.78 is 35.9. The Morgan fingerprint density at radius 1 is 0.833 bits per heavy atom. The van der Waals surface area contributed by atoms with Crippen LogP contribution in [-0.2, 0) is 0 Å². The highest BCUT2D eigenvalue weighted by Gasteiger charge is 2.26. The van der Waals surface area contributed by atoms with Crippen molar-refractivity contribution in [1.82, 2.24) is 4.90 Å². The van der Waals surface area contributed by atoms with Crippen LogP contribution in [0.1, 0.15) is 51.4 Å². The first kappa shape index (κ1) is 18.2. The van der Waals surface area contributed by atoms with Crippen LogP contribution in [0.3, 0.4) is 0 Å². The van der Waals surface area contributed by atoms with Gasteiger partial charge in [0.05, 0.1) is 6.42 Å². The fourth-order valence-electron chi connectivity index (χ4n) is 1.79. The van der Waals surface area contributed by atoms with E-state index in [0.717, 1.165) is 24.7 Å². The van der Waals surface area contributed by atoms with E-state index in [-0.39, 0.29) is 6.54 Å². The topological polar surface area (TPSA) is 3.24 Å². The molecule has 0 aliphatic heterocycles. The van der Waals surface area contributed by atoms with Crippen LogP contribution in [-0.4, -0.2) is 36.5 Å². The predicted octanol–water partition coefficient (Wildman–Crippen LogP) is 5.00. The van der Waals surface area contributed by atoms with Crippen LogP contribution in [0, 0.1) is 0 Å². The molecule has 18 heavy (non-hydrogen) atoms. The number of unbranched alkanes of at least 4 members (excludes halogenated alkanes) is 6. The molecule has 0 aromatic heterocycles. The Morgan fingerprint density at radius 3 is 1.83 bits per heavy atom. The second kappa shape index (κ2) is 11.1. The summed E-state index contributed by atoms with van der Waals surface area (Å²) >= 11 is 3.40. The summed E-state index contributed by atoms with van der Waals surface area (Å²) in [5, 5.41) is 1.08. The Kier molecular flexibility index (Phi) is 11.2. The minimum absolute atomic E-state index is 0.120. The number of alkyl halides is 4. The molecular weight excluding hydrogens is 307 g/mol. The van der Waals surface area contributed by atoms with E-state index in [0.29, 0.717) is 0 Å². The number of halogens is 4. The molecule has 0 fully saturated rings. The zero-order valence-corrected chi connectivity index (χ0v) is 12.8. The maximum atomic E-state index is 12.0. The lowest BCUT2D eigenvalue weighted by Crippen LogP contribution is -2.25. The van der Waals surface area contributed by atoms with E-state index in [1.807, 2.05) is 0 Å². The standard InChI is InChI=1S/C13H25BrF3N/c1-18(12-9-13(15,16)17)11-8-6-4-2-3-5-7-10-14/h2-12H2,1H3. The molecule has 0 spiro atoms. The molecule has 0 saturated heterocycles. The summed E-state index contributed by atoms with van der Waals surface area (Å²) in [5.41, 5.74) is 0.